The molecule has 3 heterocycles. The number of nitrogens with zero attached hydrogens (tertiary/aromatic N) is 5. The van der Waals surface area contributed by atoms with Crippen molar-refractivity contribution >= 4 is 33.7 Å². The topological polar surface area (TPSA) is 89.3 Å². The van der Waals surface area contributed by atoms with E-state index in [1.807, 2.05) is 42.5 Å². The summed E-state index contributed by atoms with van der Waals surface area (Å²) in [6.45, 7) is 0. The van der Waals surface area contributed by atoms with Crippen LogP contribution in [0.3, 0.4) is 0 Å². The van der Waals surface area contributed by atoms with E-state index in [4.69, 9.17) is 16.6 Å². The fourth-order valence-corrected chi connectivity index (χ4v) is 4.68. The van der Waals surface area contributed by atoms with Gasteiger partial charge in [-0.25, -0.2) is 19.9 Å². The first-order valence-corrected chi connectivity index (χ1v) is 11.0. The molecule has 0 aliphatic heterocycles. The molecule has 1 aliphatic carbocycles. The molecule has 0 saturated heterocycles. The first-order chi connectivity index (χ1) is 15.7. The van der Waals surface area contributed by atoms with E-state index in [0.29, 0.717) is 33.9 Å². The van der Waals surface area contributed by atoms with E-state index < -0.39 is 0 Å². The minimum Gasteiger partial charge on any atom is -0.342 e. The summed E-state index contributed by atoms with van der Waals surface area (Å²) in [7, 11) is 0. The van der Waals surface area contributed by atoms with E-state index in [1.54, 1.807) is 23.3 Å². The van der Waals surface area contributed by atoms with Crippen LogP contribution in [-0.4, -0.2) is 29.5 Å². The molecule has 8 heteroatoms. The van der Waals surface area contributed by atoms with Crippen LogP contribution in [-0.2, 0) is 6.42 Å². The Hall–Kier alpha value is -3.58. The second-order valence-corrected chi connectivity index (χ2v) is 8.56. The Morgan fingerprint density at radius 3 is 2.72 bits per heavy atom. The standard InChI is InChI=1S/C24H19ClN6O/c25-17-7-4-8-18-20(17)24(32)31(15-5-2-1-3-6-15)23(30-18)16(14-9-10-14)11-19-21-22(28-12-26-19)29-13-27-21/h1-8,12-14,16H,9-11H2,(H,26,27,28,29)/t16-/m0/s1. The van der Waals surface area contributed by atoms with Crippen LogP contribution in [0, 0.1) is 5.92 Å². The first kappa shape index (κ1) is 19.1. The highest BCUT2D eigenvalue weighted by atomic mass is 35.5. The number of halogens is 1. The second kappa shape index (κ2) is 7.53. The lowest BCUT2D eigenvalue weighted by Gasteiger charge is -2.21. The van der Waals surface area contributed by atoms with Crippen molar-refractivity contribution in [2.24, 2.45) is 5.92 Å². The van der Waals surface area contributed by atoms with Gasteiger partial charge in [-0.15, -0.1) is 0 Å². The molecule has 0 bridgehead atoms. The van der Waals surface area contributed by atoms with Gasteiger partial charge < -0.3 is 4.98 Å². The van der Waals surface area contributed by atoms with Gasteiger partial charge in [0.1, 0.15) is 17.7 Å². The molecule has 3 aromatic heterocycles. The normalized spacial score (nSPS) is 14.8. The van der Waals surface area contributed by atoms with Crippen LogP contribution >= 0.6 is 11.6 Å². The molecule has 0 spiro atoms. The summed E-state index contributed by atoms with van der Waals surface area (Å²) in [6.07, 6.45) is 6.00. The van der Waals surface area contributed by atoms with Crippen LogP contribution in [0.4, 0.5) is 0 Å². The molecule has 0 unspecified atom stereocenters. The average molecular weight is 443 g/mol. The third-order valence-electron chi connectivity index (χ3n) is 6.12. The van der Waals surface area contributed by atoms with Gasteiger partial charge in [-0.05, 0) is 43.0 Å². The molecular formula is C24H19ClN6O. The van der Waals surface area contributed by atoms with E-state index in [2.05, 4.69) is 19.9 Å². The van der Waals surface area contributed by atoms with Gasteiger partial charge in [0, 0.05) is 12.3 Å². The molecule has 6 rings (SSSR count). The summed E-state index contributed by atoms with van der Waals surface area (Å²) in [6, 6.07) is 15.1. The lowest BCUT2D eigenvalue weighted by molar-refractivity contribution is 0.545. The van der Waals surface area contributed by atoms with Gasteiger partial charge in [-0.3, -0.25) is 9.36 Å². The number of aromatic amines is 1. The van der Waals surface area contributed by atoms with Gasteiger partial charge in [-0.1, -0.05) is 35.9 Å². The number of para-hydroxylation sites is 1. The van der Waals surface area contributed by atoms with E-state index in [1.165, 1.54) is 0 Å². The van der Waals surface area contributed by atoms with Crippen molar-refractivity contribution in [2.45, 2.75) is 25.2 Å². The number of nitrogens with one attached hydrogen (secondary N) is 1. The number of imidazole rings is 1. The molecule has 1 aliphatic rings. The van der Waals surface area contributed by atoms with Crippen molar-refractivity contribution in [3.05, 3.63) is 88.1 Å². The molecule has 158 valence electrons. The number of H-pyrrole nitrogens is 1. The minimum absolute atomic E-state index is 0.0210. The maximum Gasteiger partial charge on any atom is 0.267 e. The van der Waals surface area contributed by atoms with Gasteiger partial charge in [0.15, 0.2) is 5.65 Å². The maximum absolute atomic E-state index is 13.7. The molecule has 1 atom stereocenters. The monoisotopic (exact) mass is 442 g/mol. The highest BCUT2D eigenvalue weighted by Gasteiger charge is 2.36. The number of hydrogen-bond acceptors (Lipinski definition) is 5. The van der Waals surface area contributed by atoms with Gasteiger partial charge in [0.05, 0.1) is 33.6 Å². The van der Waals surface area contributed by atoms with Crippen molar-refractivity contribution in [1.29, 1.82) is 0 Å². The lowest BCUT2D eigenvalue weighted by atomic mass is 9.95. The van der Waals surface area contributed by atoms with E-state index in [9.17, 15) is 4.79 Å². The summed E-state index contributed by atoms with van der Waals surface area (Å²) in [5, 5.41) is 0.850. The Kier molecular flexibility index (Phi) is 4.50. The predicted molar refractivity (Wildman–Crippen MR) is 123 cm³/mol. The molecule has 1 saturated carbocycles. The molecule has 1 fully saturated rings. The number of aromatic nitrogens is 6. The number of rotatable bonds is 5. The quantitative estimate of drug-likeness (QED) is 0.434. The fourth-order valence-electron chi connectivity index (χ4n) is 4.43. The van der Waals surface area contributed by atoms with Crippen molar-refractivity contribution < 1.29 is 0 Å². The molecule has 7 nitrogen and oxygen atoms in total. The molecule has 1 N–H and O–H groups in total. The summed E-state index contributed by atoms with van der Waals surface area (Å²) in [5.74, 6) is 1.19. The van der Waals surface area contributed by atoms with Crippen LogP contribution in [0.25, 0.3) is 27.8 Å². The van der Waals surface area contributed by atoms with E-state index in [-0.39, 0.29) is 11.5 Å². The Bertz CT molecular complexity index is 1510. The third-order valence-corrected chi connectivity index (χ3v) is 6.44. The second-order valence-electron chi connectivity index (χ2n) is 8.15. The molecule has 32 heavy (non-hydrogen) atoms. The molecule has 0 amide bonds. The predicted octanol–water partition coefficient (Wildman–Crippen LogP) is 4.44. The smallest absolute Gasteiger partial charge is 0.267 e. The fraction of sp³-hybridized carbons (Fsp3) is 0.208. The summed E-state index contributed by atoms with van der Waals surface area (Å²) >= 11 is 6.43. The Labute approximate surface area is 188 Å². The molecule has 0 radical (unpaired) electrons. The summed E-state index contributed by atoms with van der Waals surface area (Å²) < 4.78 is 1.72. The van der Waals surface area contributed by atoms with E-state index in [0.717, 1.165) is 35.6 Å². The Morgan fingerprint density at radius 1 is 1.06 bits per heavy atom. The van der Waals surface area contributed by atoms with Crippen LogP contribution < -0.4 is 5.56 Å². The SMILES string of the molecule is O=c1c2c(Cl)cccc2nc([C@@H](Cc2ncnc3nc[nH]c23)C2CC2)n1-c1ccccc1. The molecular weight excluding hydrogens is 424 g/mol. The van der Waals surface area contributed by atoms with Crippen molar-refractivity contribution in [3.8, 4) is 5.69 Å². The van der Waals surface area contributed by atoms with Crippen LogP contribution in [0.15, 0.2) is 66.0 Å². The maximum atomic E-state index is 13.7. The summed E-state index contributed by atoms with van der Waals surface area (Å²) in [5.41, 5.74) is 3.59. The van der Waals surface area contributed by atoms with Gasteiger partial charge in [0.25, 0.3) is 5.56 Å². The van der Waals surface area contributed by atoms with Gasteiger partial charge >= 0.3 is 0 Å². The minimum atomic E-state index is -0.151. The lowest BCUT2D eigenvalue weighted by Crippen LogP contribution is -2.27. The zero-order valence-electron chi connectivity index (χ0n) is 17.1. The zero-order chi connectivity index (χ0) is 21.7. The van der Waals surface area contributed by atoms with Crippen LogP contribution in [0.1, 0.15) is 30.3 Å². The largest absolute Gasteiger partial charge is 0.342 e. The average Bonchev–Trinajstić information content (AvgIpc) is 3.53. The van der Waals surface area contributed by atoms with Crippen molar-refractivity contribution in [1.82, 2.24) is 29.5 Å². The third kappa shape index (κ3) is 3.17. The van der Waals surface area contributed by atoms with Crippen molar-refractivity contribution in [3.63, 3.8) is 0 Å². The zero-order valence-corrected chi connectivity index (χ0v) is 17.8. The Morgan fingerprint density at radius 2 is 1.91 bits per heavy atom. The summed E-state index contributed by atoms with van der Waals surface area (Å²) in [4.78, 5) is 34.9. The number of benzene rings is 2. The molecule has 2 aromatic carbocycles. The highest BCUT2D eigenvalue weighted by molar-refractivity contribution is 6.35. The molecule has 5 aromatic rings. The number of fused-ring (bicyclic) bond motifs is 2. The van der Waals surface area contributed by atoms with Crippen molar-refractivity contribution in [2.75, 3.05) is 0 Å². The van der Waals surface area contributed by atoms with Gasteiger partial charge in [0.2, 0.25) is 0 Å². The van der Waals surface area contributed by atoms with Crippen LogP contribution in [0.2, 0.25) is 5.02 Å². The van der Waals surface area contributed by atoms with Crippen LogP contribution in [0.5, 0.6) is 0 Å². The Balaban J connectivity index is 1.59. The van der Waals surface area contributed by atoms with Gasteiger partial charge in [-0.2, -0.15) is 0 Å². The first-order valence-electron chi connectivity index (χ1n) is 10.6. The highest BCUT2D eigenvalue weighted by Crippen LogP contribution is 2.44. The van der Waals surface area contributed by atoms with E-state index >= 15 is 0 Å². The number of hydrogen-bond donors (Lipinski definition) is 1.